The summed E-state index contributed by atoms with van der Waals surface area (Å²) in [6, 6.07) is 15.9. The van der Waals surface area contributed by atoms with Crippen LogP contribution < -0.4 is 5.32 Å². The molecule has 0 aliphatic heterocycles. The van der Waals surface area contributed by atoms with Crippen molar-refractivity contribution >= 4 is 22.5 Å². The van der Waals surface area contributed by atoms with E-state index in [4.69, 9.17) is 0 Å². The summed E-state index contributed by atoms with van der Waals surface area (Å²) >= 11 is 1.95. The van der Waals surface area contributed by atoms with Crippen molar-refractivity contribution in [3.63, 3.8) is 0 Å². The monoisotopic (exact) mass is 259 g/mol. The van der Waals surface area contributed by atoms with Crippen molar-refractivity contribution in [1.82, 2.24) is 5.32 Å². The van der Waals surface area contributed by atoms with Gasteiger partial charge in [0.15, 0.2) is 0 Å². The molecule has 0 aliphatic rings. The predicted octanol–water partition coefficient (Wildman–Crippen LogP) is 4.32. The fraction of sp³-hybridized carbons (Fsp3) is 0.375. The number of nitrogens with one attached hydrogen (secondary N) is 1. The summed E-state index contributed by atoms with van der Waals surface area (Å²) in [5.41, 5.74) is 0. The van der Waals surface area contributed by atoms with E-state index in [1.807, 2.05) is 11.8 Å². The van der Waals surface area contributed by atoms with Crippen molar-refractivity contribution in [2.24, 2.45) is 0 Å². The summed E-state index contributed by atoms with van der Waals surface area (Å²) in [4.78, 5) is 1.37. The lowest BCUT2D eigenvalue weighted by Gasteiger charge is -2.07. The average molecular weight is 259 g/mol. The van der Waals surface area contributed by atoms with E-state index in [-0.39, 0.29) is 0 Å². The zero-order valence-electron chi connectivity index (χ0n) is 11.1. The molecule has 0 heterocycles. The minimum Gasteiger partial charge on any atom is -0.315 e. The lowest BCUT2D eigenvalue weighted by molar-refractivity contribution is 0.586. The van der Waals surface area contributed by atoms with E-state index in [0.717, 1.165) is 6.54 Å². The molecule has 0 saturated carbocycles. The first-order chi connectivity index (χ1) is 8.75. The highest BCUT2D eigenvalue weighted by molar-refractivity contribution is 7.99. The Morgan fingerprint density at radius 3 is 2.61 bits per heavy atom. The molecule has 0 amide bonds. The number of benzene rings is 2. The smallest absolute Gasteiger partial charge is 0.00783 e. The van der Waals surface area contributed by atoms with Gasteiger partial charge in [0.25, 0.3) is 0 Å². The number of hydrogen-bond acceptors (Lipinski definition) is 2. The predicted molar refractivity (Wildman–Crippen MR) is 82.4 cm³/mol. The number of rotatable bonds is 6. The van der Waals surface area contributed by atoms with Crippen LogP contribution in [0.5, 0.6) is 0 Å². The van der Waals surface area contributed by atoms with Gasteiger partial charge in [0, 0.05) is 10.9 Å². The normalized spacial score (nSPS) is 11.3. The Morgan fingerprint density at radius 2 is 1.83 bits per heavy atom. The van der Waals surface area contributed by atoms with Crippen LogP contribution in [0.1, 0.15) is 20.3 Å². The Balaban J connectivity index is 1.84. The molecule has 0 unspecified atom stereocenters. The fourth-order valence-electron chi connectivity index (χ4n) is 1.91. The van der Waals surface area contributed by atoms with E-state index < -0.39 is 0 Å². The second-order valence-corrected chi connectivity index (χ2v) is 5.99. The molecule has 2 rings (SSSR count). The van der Waals surface area contributed by atoms with Gasteiger partial charge in [-0.3, -0.25) is 0 Å². The first-order valence-corrected chi connectivity index (χ1v) is 7.59. The second-order valence-electron chi connectivity index (χ2n) is 4.82. The Kier molecular flexibility index (Phi) is 5.09. The Bertz CT molecular complexity index is 493. The molecule has 0 saturated heterocycles. The van der Waals surface area contributed by atoms with Crippen molar-refractivity contribution in [3.8, 4) is 0 Å². The molecule has 2 aromatic rings. The second kappa shape index (κ2) is 6.81. The van der Waals surface area contributed by atoms with E-state index in [9.17, 15) is 0 Å². The van der Waals surface area contributed by atoms with Gasteiger partial charge in [0.1, 0.15) is 0 Å². The lowest BCUT2D eigenvalue weighted by atomic mass is 10.1. The summed E-state index contributed by atoms with van der Waals surface area (Å²) < 4.78 is 0. The molecule has 96 valence electrons. The van der Waals surface area contributed by atoms with Crippen LogP contribution in [0.2, 0.25) is 0 Å². The molecule has 0 spiro atoms. The highest BCUT2D eigenvalue weighted by Gasteiger charge is 1.97. The molecular weight excluding hydrogens is 238 g/mol. The van der Waals surface area contributed by atoms with E-state index >= 15 is 0 Å². The molecule has 1 N–H and O–H groups in total. The number of thioether (sulfide) groups is 1. The highest BCUT2D eigenvalue weighted by Crippen LogP contribution is 2.23. The summed E-state index contributed by atoms with van der Waals surface area (Å²) in [6.07, 6.45) is 1.22. The first-order valence-electron chi connectivity index (χ1n) is 6.61. The standard InChI is InChI=1S/C16H21NS/c1-13(2)17-10-5-11-18-16-9-8-14-6-3-4-7-15(14)12-16/h3-4,6-9,12-13,17H,5,10-11H2,1-2H3. The maximum atomic E-state index is 3.45. The van der Waals surface area contributed by atoms with Crippen LogP contribution >= 0.6 is 11.8 Å². The van der Waals surface area contributed by atoms with Crippen LogP contribution in [0.15, 0.2) is 47.4 Å². The van der Waals surface area contributed by atoms with Gasteiger partial charge in [-0.2, -0.15) is 0 Å². The van der Waals surface area contributed by atoms with Crippen molar-refractivity contribution in [1.29, 1.82) is 0 Å². The van der Waals surface area contributed by atoms with Gasteiger partial charge in [-0.25, -0.2) is 0 Å². The quantitative estimate of drug-likeness (QED) is 0.612. The van der Waals surface area contributed by atoms with E-state index in [1.54, 1.807) is 0 Å². The molecular formula is C16H21NS. The maximum Gasteiger partial charge on any atom is 0.00783 e. The maximum absolute atomic E-state index is 3.45. The molecule has 0 radical (unpaired) electrons. The van der Waals surface area contributed by atoms with Gasteiger partial charge in [0.2, 0.25) is 0 Å². The minimum atomic E-state index is 0.593. The average Bonchev–Trinajstić information content (AvgIpc) is 2.38. The third kappa shape index (κ3) is 4.04. The third-order valence-corrected chi connectivity index (χ3v) is 3.94. The fourth-order valence-corrected chi connectivity index (χ4v) is 2.81. The summed E-state index contributed by atoms with van der Waals surface area (Å²) in [7, 11) is 0. The summed E-state index contributed by atoms with van der Waals surface area (Å²) in [6.45, 7) is 5.49. The van der Waals surface area contributed by atoms with Gasteiger partial charge in [-0.05, 0) is 41.6 Å². The van der Waals surface area contributed by atoms with Crippen LogP contribution in [0.3, 0.4) is 0 Å². The summed E-state index contributed by atoms with van der Waals surface area (Å²) in [5.74, 6) is 1.18. The molecule has 2 heteroatoms. The summed E-state index contributed by atoms with van der Waals surface area (Å²) in [5, 5.41) is 6.11. The van der Waals surface area contributed by atoms with Crippen LogP contribution in [0.4, 0.5) is 0 Å². The van der Waals surface area contributed by atoms with Crippen molar-refractivity contribution in [3.05, 3.63) is 42.5 Å². The molecule has 0 bridgehead atoms. The van der Waals surface area contributed by atoms with E-state index in [1.165, 1.54) is 27.8 Å². The molecule has 0 aromatic heterocycles. The van der Waals surface area contributed by atoms with Gasteiger partial charge in [0.05, 0.1) is 0 Å². The Morgan fingerprint density at radius 1 is 1.06 bits per heavy atom. The van der Waals surface area contributed by atoms with Gasteiger partial charge in [-0.1, -0.05) is 44.2 Å². The largest absolute Gasteiger partial charge is 0.315 e. The molecule has 0 atom stereocenters. The zero-order chi connectivity index (χ0) is 12.8. The lowest BCUT2D eigenvalue weighted by Crippen LogP contribution is -2.23. The van der Waals surface area contributed by atoms with Crippen LogP contribution in [0.25, 0.3) is 10.8 Å². The van der Waals surface area contributed by atoms with Gasteiger partial charge < -0.3 is 5.32 Å². The molecule has 0 fully saturated rings. The zero-order valence-corrected chi connectivity index (χ0v) is 12.0. The van der Waals surface area contributed by atoms with Crippen molar-refractivity contribution < 1.29 is 0 Å². The molecule has 2 aromatic carbocycles. The Labute approximate surface area is 114 Å². The SMILES string of the molecule is CC(C)NCCCSc1ccc2ccccc2c1. The Hall–Kier alpha value is -0.990. The first kappa shape index (κ1) is 13.4. The molecule has 1 nitrogen and oxygen atoms in total. The van der Waals surface area contributed by atoms with Crippen LogP contribution in [-0.4, -0.2) is 18.3 Å². The van der Waals surface area contributed by atoms with Gasteiger partial charge in [-0.15, -0.1) is 11.8 Å². The van der Waals surface area contributed by atoms with Crippen molar-refractivity contribution in [2.75, 3.05) is 12.3 Å². The van der Waals surface area contributed by atoms with Crippen LogP contribution in [0, 0.1) is 0 Å². The van der Waals surface area contributed by atoms with Gasteiger partial charge >= 0.3 is 0 Å². The van der Waals surface area contributed by atoms with Crippen molar-refractivity contribution in [2.45, 2.75) is 31.2 Å². The number of fused-ring (bicyclic) bond motifs is 1. The van der Waals surface area contributed by atoms with Crippen LogP contribution in [-0.2, 0) is 0 Å². The van der Waals surface area contributed by atoms with E-state index in [0.29, 0.717) is 6.04 Å². The van der Waals surface area contributed by atoms with E-state index in [2.05, 4.69) is 61.6 Å². The third-order valence-electron chi connectivity index (χ3n) is 2.86. The minimum absolute atomic E-state index is 0.593. The highest BCUT2D eigenvalue weighted by atomic mass is 32.2. The molecule has 18 heavy (non-hydrogen) atoms. The number of hydrogen-bond donors (Lipinski definition) is 1. The molecule has 0 aliphatic carbocycles. The topological polar surface area (TPSA) is 12.0 Å².